The molecule has 138 valence electrons. The van der Waals surface area contributed by atoms with Crippen LogP contribution in [0.15, 0.2) is 24.3 Å². The van der Waals surface area contributed by atoms with Crippen molar-refractivity contribution in [3.8, 4) is 0 Å². The normalized spacial score (nSPS) is 25.8. The van der Waals surface area contributed by atoms with Gasteiger partial charge in [-0.2, -0.15) is 0 Å². The van der Waals surface area contributed by atoms with Crippen molar-refractivity contribution in [3.05, 3.63) is 29.8 Å². The summed E-state index contributed by atoms with van der Waals surface area (Å²) in [5.41, 5.74) is 2.07. The molecule has 0 saturated carbocycles. The zero-order chi connectivity index (χ0) is 17.8. The van der Waals surface area contributed by atoms with Crippen LogP contribution in [0, 0.1) is 12.8 Å². The number of carbonyl (C=O) groups excluding carboxylic acids is 1. The predicted molar refractivity (Wildman–Crippen MR) is 101 cm³/mol. The first-order chi connectivity index (χ1) is 12.0. The number of rotatable bonds is 3. The maximum Gasteiger partial charge on any atom is 0.321 e. The van der Waals surface area contributed by atoms with Crippen LogP contribution in [0.4, 0.5) is 10.5 Å². The Bertz CT molecular complexity index is 557. The highest BCUT2D eigenvalue weighted by Gasteiger charge is 2.27. The maximum absolute atomic E-state index is 12.4. The van der Waals surface area contributed by atoms with E-state index in [9.17, 15) is 4.79 Å². The maximum atomic E-state index is 12.4. The highest BCUT2D eigenvalue weighted by molar-refractivity contribution is 5.89. The van der Waals surface area contributed by atoms with Crippen LogP contribution in [0.3, 0.4) is 0 Å². The molecule has 0 radical (unpaired) electrons. The van der Waals surface area contributed by atoms with E-state index in [-0.39, 0.29) is 6.03 Å². The second-order valence-electron chi connectivity index (χ2n) is 7.70. The van der Waals surface area contributed by atoms with Crippen LogP contribution in [-0.4, -0.2) is 60.8 Å². The van der Waals surface area contributed by atoms with E-state index in [1.165, 1.54) is 5.56 Å². The minimum absolute atomic E-state index is 0.0240. The van der Waals surface area contributed by atoms with Gasteiger partial charge in [-0.3, -0.25) is 4.90 Å². The van der Waals surface area contributed by atoms with Gasteiger partial charge in [-0.15, -0.1) is 0 Å². The monoisotopic (exact) mass is 345 g/mol. The molecular weight excluding hydrogens is 314 g/mol. The number of likely N-dealkylation sites (tertiary alicyclic amines) is 1. The van der Waals surface area contributed by atoms with Gasteiger partial charge in [0.25, 0.3) is 0 Å². The van der Waals surface area contributed by atoms with Gasteiger partial charge in [0.05, 0.1) is 12.2 Å². The largest absolute Gasteiger partial charge is 0.373 e. The highest BCUT2D eigenvalue weighted by Crippen LogP contribution is 2.21. The Morgan fingerprint density at radius 3 is 2.32 bits per heavy atom. The molecule has 5 nitrogen and oxygen atoms in total. The van der Waals surface area contributed by atoms with Gasteiger partial charge in [-0.1, -0.05) is 17.7 Å². The summed E-state index contributed by atoms with van der Waals surface area (Å²) in [6.07, 6.45) is 2.82. The van der Waals surface area contributed by atoms with E-state index >= 15 is 0 Å². The van der Waals surface area contributed by atoms with Crippen molar-refractivity contribution in [3.63, 3.8) is 0 Å². The van der Waals surface area contributed by atoms with E-state index in [1.54, 1.807) is 0 Å². The molecule has 2 atom stereocenters. The zero-order valence-corrected chi connectivity index (χ0v) is 15.7. The topological polar surface area (TPSA) is 44.8 Å². The summed E-state index contributed by atoms with van der Waals surface area (Å²) in [4.78, 5) is 16.9. The molecule has 0 aliphatic carbocycles. The van der Waals surface area contributed by atoms with Crippen LogP contribution in [0.5, 0.6) is 0 Å². The van der Waals surface area contributed by atoms with Crippen molar-refractivity contribution in [2.75, 3.05) is 38.0 Å². The average Bonchev–Trinajstić information content (AvgIpc) is 2.56. The Hall–Kier alpha value is -1.59. The molecule has 2 fully saturated rings. The summed E-state index contributed by atoms with van der Waals surface area (Å²) < 4.78 is 5.82. The third-order valence-corrected chi connectivity index (χ3v) is 5.22. The summed E-state index contributed by atoms with van der Waals surface area (Å²) in [5.74, 6) is 0.681. The standard InChI is InChI=1S/C20H31N3O2/c1-15-4-6-19(7-5-15)21-20(24)23-10-8-18(9-11-23)14-22-12-16(2)25-17(3)13-22/h4-7,16-18H,8-14H2,1-3H3,(H,21,24)/t16-,17+. The molecular formula is C20H31N3O2. The van der Waals surface area contributed by atoms with E-state index in [0.717, 1.165) is 51.3 Å². The first-order valence-electron chi connectivity index (χ1n) is 9.50. The SMILES string of the molecule is Cc1ccc(NC(=O)N2CCC(CN3C[C@@H](C)O[C@@H](C)C3)CC2)cc1. The Morgan fingerprint density at radius 1 is 1.12 bits per heavy atom. The van der Waals surface area contributed by atoms with Crippen molar-refractivity contribution in [1.82, 2.24) is 9.80 Å². The van der Waals surface area contributed by atoms with Gasteiger partial charge >= 0.3 is 6.03 Å². The van der Waals surface area contributed by atoms with Crippen LogP contribution in [0.25, 0.3) is 0 Å². The molecule has 2 aliphatic heterocycles. The van der Waals surface area contributed by atoms with Crippen molar-refractivity contribution < 1.29 is 9.53 Å². The number of urea groups is 1. The van der Waals surface area contributed by atoms with E-state index in [4.69, 9.17) is 4.74 Å². The Kier molecular flexibility index (Phi) is 5.97. The summed E-state index contributed by atoms with van der Waals surface area (Å²) in [6, 6.07) is 7.98. The molecule has 2 saturated heterocycles. The number of morpholine rings is 1. The predicted octanol–water partition coefficient (Wildman–Crippen LogP) is 3.35. The van der Waals surface area contributed by atoms with E-state index in [1.807, 2.05) is 36.1 Å². The summed E-state index contributed by atoms with van der Waals surface area (Å²) >= 11 is 0. The average molecular weight is 345 g/mol. The highest BCUT2D eigenvalue weighted by atomic mass is 16.5. The molecule has 0 unspecified atom stereocenters. The van der Waals surface area contributed by atoms with Gasteiger partial charge in [-0.25, -0.2) is 4.79 Å². The lowest BCUT2D eigenvalue weighted by Crippen LogP contribution is -2.49. The first kappa shape index (κ1) is 18.2. The molecule has 25 heavy (non-hydrogen) atoms. The molecule has 2 heterocycles. The summed E-state index contributed by atoms with van der Waals surface area (Å²) in [5, 5.41) is 3.01. The minimum Gasteiger partial charge on any atom is -0.373 e. The van der Waals surface area contributed by atoms with Crippen LogP contribution >= 0.6 is 0 Å². The first-order valence-corrected chi connectivity index (χ1v) is 9.50. The van der Waals surface area contributed by atoms with Gasteiger partial charge in [-0.05, 0) is 51.7 Å². The van der Waals surface area contributed by atoms with Gasteiger partial charge in [0, 0.05) is 38.4 Å². The zero-order valence-electron chi connectivity index (χ0n) is 15.7. The lowest BCUT2D eigenvalue weighted by Gasteiger charge is -2.39. The Morgan fingerprint density at radius 2 is 1.72 bits per heavy atom. The van der Waals surface area contributed by atoms with Gasteiger partial charge < -0.3 is 15.0 Å². The van der Waals surface area contributed by atoms with Crippen molar-refractivity contribution in [2.24, 2.45) is 5.92 Å². The molecule has 0 bridgehead atoms. The Labute approximate surface area is 151 Å². The smallest absolute Gasteiger partial charge is 0.321 e. The number of benzene rings is 1. The fourth-order valence-corrected chi connectivity index (χ4v) is 3.96. The quantitative estimate of drug-likeness (QED) is 0.914. The molecule has 1 N–H and O–H groups in total. The van der Waals surface area contributed by atoms with Crippen LogP contribution in [0.2, 0.25) is 0 Å². The molecule has 3 rings (SSSR count). The number of amides is 2. The summed E-state index contributed by atoms with van der Waals surface area (Å²) in [6.45, 7) is 11.2. The number of aryl methyl sites for hydroxylation is 1. The van der Waals surface area contributed by atoms with E-state index in [2.05, 4.69) is 24.1 Å². The van der Waals surface area contributed by atoms with Crippen LogP contribution < -0.4 is 5.32 Å². The number of carbonyl (C=O) groups is 1. The number of anilines is 1. The molecule has 0 spiro atoms. The van der Waals surface area contributed by atoms with Crippen molar-refractivity contribution >= 4 is 11.7 Å². The molecule has 2 amide bonds. The number of hydrogen-bond acceptors (Lipinski definition) is 3. The van der Waals surface area contributed by atoms with Gasteiger partial charge in [0.2, 0.25) is 0 Å². The fourth-order valence-electron chi connectivity index (χ4n) is 3.96. The third kappa shape index (κ3) is 5.19. The number of ether oxygens (including phenoxy) is 1. The second kappa shape index (κ2) is 8.19. The van der Waals surface area contributed by atoms with E-state index < -0.39 is 0 Å². The lowest BCUT2D eigenvalue weighted by atomic mass is 9.96. The van der Waals surface area contributed by atoms with Crippen LogP contribution in [-0.2, 0) is 4.74 Å². The number of piperidine rings is 1. The second-order valence-corrected chi connectivity index (χ2v) is 7.70. The van der Waals surface area contributed by atoms with Gasteiger partial charge in [0.1, 0.15) is 0 Å². The lowest BCUT2D eigenvalue weighted by molar-refractivity contribution is -0.0728. The Balaban J connectivity index is 1.43. The van der Waals surface area contributed by atoms with Crippen molar-refractivity contribution in [1.29, 1.82) is 0 Å². The number of nitrogens with zero attached hydrogens (tertiary/aromatic N) is 2. The number of hydrogen-bond donors (Lipinski definition) is 1. The molecule has 1 aromatic carbocycles. The fraction of sp³-hybridized carbons (Fsp3) is 0.650. The molecule has 1 aromatic rings. The number of nitrogens with one attached hydrogen (secondary N) is 1. The molecule has 0 aromatic heterocycles. The van der Waals surface area contributed by atoms with Gasteiger partial charge in [0.15, 0.2) is 0 Å². The minimum atomic E-state index is 0.0240. The third-order valence-electron chi connectivity index (χ3n) is 5.22. The molecule has 5 heteroatoms. The van der Waals surface area contributed by atoms with Crippen LogP contribution in [0.1, 0.15) is 32.3 Å². The van der Waals surface area contributed by atoms with Crippen molar-refractivity contribution in [2.45, 2.75) is 45.8 Å². The summed E-state index contributed by atoms with van der Waals surface area (Å²) in [7, 11) is 0. The van der Waals surface area contributed by atoms with E-state index in [0.29, 0.717) is 18.1 Å². The molecule has 2 aliphatic rings.